The second kappa shape index (κ2) is 7.96. The quantitative estimate of drug-likeness (QED) is 0.635. The van der Waals surface area contributed by atoms with E-state index in [1.807, 2.05) is 17.0 Å². The van der Waals surface area contributed by atoms with Gasteiger partial charge in [0.2, 0.25) is 0 Å². The van der Waals surface area contributed by atoms with Crippen molar-refractivity contribution in [3.8, 4) is 6.01 Å². The van der Waals surface area contributed by atoms with Crippen LogP contribution in [0, 0.1) is 5.92 Å². The highest BCUT2D eigenvalue weighted by Crippen LogP contribution is 2.21. The van der Waals surface area contributed by atoms with Crippen molar-refractivity contribution in [3.05, 3.63) is 53.0 Å². The predicted molar refractivity (Wildman–Crippen MR) is 103 cm³/mol. The summed E-state index contributed by atoms with van der Waals surface area (Å²) in [5.74, 6) is 0.280. The smallest absolute Gasteiger partial charge is 0.316 e. The monoisotopic (exact) mass is 427 g/mol. The summed E-state index contributed by atoms with van der Waals surface area (Å²) in [5, 5.41) is 0. The first-order valence-electron chi connectivity index (χ1n) is 8.79. The number of piperidine rings is 1. The highest BCUT2D eigenvalue weighted by Gasteiger charge is 2.25. The number of fused-ring (bicyclic) bond motifs is 1. The van der Waals surface area contributed by atoms with Gasteiger partial charge in [0.15, 0.2) is 0 Å². The average molecular weight is 428 g/mol. The molecular formula is C19H18BrN5O2. The summed E-state index contributed by atoms with van der Waals surface area (Å²) in [6.45, 7) is 1.91. The number of hydrogen-bond acceptors (Lipinski definition) is 6. The Labute approximate surface area is 164 Å². The molecule has 3 heterocycles. The molecule has 138 valence electrons. The summed E-state index contributed by atoms with van der Waals surface area (Å²) in [5.41, 5.74) is 2.15. The van der Waals surface area contributed by atoms with Crippen molar-refractivity contribution in [3.63, 3.8) is 0 Å². The molecule has 4 rings (SSSR count). The third kappa shape index (κ3) is 4.21. The van der Waals surface area contributed by atoms with Crippen LogP contribution in [0.3, 0.4) is 0 Å². The Balaban J connectivity index is 1.40. The Hall–Kier alpha value is -2.61. The van der Waals surface area contributed by atoms with E-state index in [9.17, 15) is 4.79 Å². The fraction of sp³-hybridized carbons (Fsp3) is 0.316. The third-order valence-corrected chi connectivity index (χ3v) is 4.98. The number of ether oxygens (including phenoxy) is 1. The molecule has 3 aromatic rings. The maximum atomic E-state index is 12.9. The maximum Gasteiger partial charge on any atom is 0.316 e. The van der Waals surface area contributed by atoms with Gasteiger partial charge in [0, 0.05) is 49.4 Å². The molecule has 0 aliphatic carbocycles. The molecule has 0 spiro atoms. The first kappa shape index (κ1) is 17.8. The first-order chi connectivity index (χ1) is 13.2. The molecule has 0 saturated carbocycles. The van der Waals surface area contributed by atoms with Gasteiger partial charge in [0.1, 0.15) is 0 Å². The van der Waals surface area contributed by atoms with Crippen LogP contribution < -0.4 is 4.74 Å². The molecule has 1 fully saturated rings. The summed E-state index contributed by atoms with van der Waals surface area (Å²) in [6, 6.07) is 5.82. The molecule has 1 unspecified atom stereocenters. The summed E-state index contributed by atoms with van der Waals surface area (Å²) in [6.07, 6.45) is 8.56. The second-order valence-electron chi connectivity index (χ2n) is 6.51. The van der Waals surface area contributed by atoms with Gasteiger partial charge in [-0.2, -0.15) is 0 Å². The number of carbonyl (C=O) groups is 1. The average Bonchev–Trinajstić information content (AvgIpc) is 2.72. The van der Waals surface area contributed by atoms with Gasteiger partial charge in [-0.1, -0.05) is 0 Å². The van der Waals surface area contributed by atoms with Crippen LogP contribution in [0.15, 0.2) is 47.5 Å². The van der Waals surface area contributed by atoms with Crippen molar-refractivity contribution in [2.45, 2.75) is 12.8 Å². The van der Waals surface area contributed by atoms with Crippen LogP contribution in [0.5, 0.6) is 6.01 Å². The van der Waals surface area contributed by atoms with Crippen molar-refractivity contribution in [2.75, 3.05) is 19.7 Å². The highest BCUT2D eigenvalue weighted by molar-refractivity contribution is 9.10. The molecule has 1 aliphatic heterocycles. The van der Waals surface area contributed by atoms with Crippen LogP contribution in [0.25, 0.3) is 11.0 Å². The minimum atomic E-state index is 0.0205. The van der Waals surface area contributed by atoms with E-state index in [4.69, 9.17) is 4.74 Å². The van der Waals surface area contributed by atoms with E-state index < -0.39 is 0 Å². The van der Waals surface area contributed by atoms with Crippen molar-refractivity contribution in [1.82, 2.24) is 24.8 Å². The van der Waals surface area contributed by atoms with Gasteiger partial charge in [0.25, 0.3) is 5.91 Å². The van der Waals surface area contributed by atoms with Crippen LogP contribution in [0.1, 0.15) is 23.2 Å². The van der Waals surface area contributed by atoms with E-state index in [1.165, 1.54) is 0 Å². The Morgan fingerprint density at radius 2 is 1.93 bits per heavy atom. The molecule has 1 atom stereocenters. The minimum absolute atomic E-state index is 0.0205. The van der Waals surface area contributed by atoms with Gasteiger partial charge in [-0.25, -0.2) is 9.97 Å². The summed E-state index contributed by atoms with van der Waals surface area (Å²) >= 11 is 3.30. The van der Waals surface area contributed by atoms with Crippen molar-refractivity contribution in [2.24, 2.45) is 5.92 Å². The molecule has 1 saturated heterocycles. The van der Waals surface area contributed by atoms with Gasteiger partial charge in [-0.15, -0.1) is 0 Å². The van der Waals surface area contributed by atoms with Crippen LogP contribution in [0.4, 0.5) is 0 Å². The van der Waals surface area contributed by atoms with Crippen molar-refractivity contribution < 1.29 is 9.53 Å². The van der Waals surface area contributed by atoms with Gasteiger partial charge >= 0.3 is 6.01 Å². The molecule has 0 radical (unpaired) electrons. The number of nitrogens with zero attached hydrogens (tertiary/aromatic N) is 5. The van der Waals surface area contributed by atoms with Crippen LogP contribution in [-0.2, 0) is 0 Å². The highest BCUT2D eigenvalue weighted by atomic mass is 79.9. The predicted octanol–water partition coefficient (Wildman–Crippen LogP) is 3.11. The van der Waals surface area contributed by atoms with E-state index in [0.29, 0.717) is 24.7 Å². The second-order valence-corrected chi connectivity index (χ2v) is 7.43. The molecule has 0 N–H and O–H groups in total. The maximum absolute atomic E-state index is 12.9. The largest absolute Gasteiger partial charge is 0.463 e. The molecule has 7 nitrogen and oxygen atoms in total. The third-order valence-electron chi connectivity index (χ3n) is 4.57. The molecule has 27 heavy (non-hydrogen) atoms. The van der Waals surface area contributed by atoms with Gasteiger partial charge in [-0.05, 0) is 47.0 Å². The Morgan fingerprint density at radius 3 is 2.74 bits per heavy atom. The molecule has 1 aliphatic rings. The lowest BCUT2D eigenvalue weighted by Crippen LogP contribution is -2.41. The topological polar surface area (TPSA) is 81.1 Å². The molecular weight excluding hydrogens is 410 g/mol. The lowest BCUT2D eigenvalue weighted by atomic mass is 9.98. The molecule has 1 aromatic carbocycles. The van der Waals surface area contributed by atoms with E-state index in [-0.39, 0.29) is 11.8 Å². The van der Waals surface area contributed by atoms with Crippen molar-refractivity contribution in [1.29, 1.82) is 0 Å². The number of benzene rings is 1. The van der Waals surface area contributed by atoms with E-state index in [0.717, 1.165) is 34.9 Å². The fourth-order valence-corrected chi connectivity index (χ4v) is 3.44. The van der Waals surface area contributed by atoms with E-state index >= 15 is 0 Å². The fourth-order valence-electron chi connectivity index (χ4n) is 3.23. The molecule has 1 amide bonds. The van der Waals surface area contributed by atoms with Gasteiger partial charge in [0.05, 0.1) is 22.1 Å². The number of hydrogen-bond donors (Lipinski definition) is 0. The Kier molecular flexibility index (Phi) is 5.24. The summed E-state index contributed by atoms with van der Waals surface area (Å²) in [7, 11) is 0. The van der Waals surface area contributed by atoms with Crippen LogP contribution in [0.2, 0.25) is 0 Å². The van der Waals surface area contributed by atoms with Crippen LogP contribution >= 0.6 is 15.9 Å². The first-order valence-corrected chi connectivity index (χ1v) is 9.59. The lowest BCUT2D eigenvalue weighted by Gasteiger charge is -2.32. The number of amides is 1. The number of aromatic nitrogens is 4. The van der Waals surface area contributed by atoms with Gasteiger partial charge in [-0.3, -0.25) is 14.8 Å². The molecule has 2 aromatic heterocycles. The van der Waals surface area contributed by atoms with E-state index in [1.54, 1.807) is 30.9 Å². The zero-order valence-corrected chi connectivity index (χ0v) is 16.2. The zero-order chi connectivity index (χ0) is 18.6. The van der Waals surface area contributed by atoms with E-state index in [2.05, 4.69) is 35.9 Å². The minimum Gasteiger partial charge on any atom is -0.463 e. The van der Waals surface area contributed by atoms with Crippen LogP contribution in [-0.4, -0.2) is 50.4 Å². The molecule has 8 heteroatoms. The summed E-state index contributed by atoms with van der Waals surface area (Å²) < 4.78 is 6.50. The van der Waals surface area contributed by atoms with Gasteiger partial charge < -0.3 is 9.64 Å². The zero-order valence-electron chi connectivity index (χ0n) is 14.6. The Morgan fingerprint density at radius 1 is 1.15 bits per heavy atom. The number of carbonyl (C=O) groups excluding carboxylic acids is 1. The number of likely N-dealkylation sites (tertiary alicyclic amines) is 1. The normalized spacial score (nSPS) is 17.1. The SMILES string of the molecule is O=C(c1ccc2nccnc2c1)N1CCCC(COc2ncc(Br)cn2)C1. The number of rotatable bonds is 4. The Bertz CT molecular complexity index is 950. The molecule has 0 bridgehead atoms. The number of halogens is 1. The van der Waals surface area contributed by atoms with Crippen molar-refractivity contribution >= 4 is 32.9 Å². The summed E-state index contributed by atoms with van der Waals surface area (Å²) in [4.78, 5) is 31.6. The lowest BCUT2D eigenvalue weighted by molar-refractivity contribution is 0.0629. The standard InChI is InChI=1S/C19H18BrN5O2/c20-15-9-23-19(24-10-15)27-12-13-2-1-7-25(11-13)18(26)14-3-4-16-17(8-14)22-6-5-21-16/h3-6,8-10,13H,1-2,7,11-12H2.